The van der Waals surface area contributed by atoms with Crippen molar-refractivity contribution in [3.63, 3.8) is 0 Å². The average Bonchev–Trinajstić information content (AvgIpc) is 3.41. The molecule has 0 aliphatic heterocycles. The highest BCUT2D eigenvalue weighted by atomic mass is 16.6. The Morgan fingerprint density at radius 3 is 0.747 bits per heavy atom. The molecule has 0 aromatic rings. The van der Waals surface area contributed by atoms with Gasteiger partial charge in [0.1, 0.15) is 13.2 Å². The third kappa shape index (κ3) is 61.8. The second-order valence-corrected chi connectivity index (χ2v) is 22.0. The van der Waals surface area contributed by atoms with Gasteiger partial charge in [0.15, 0.2) is 6.10 Å². The van der Waals surface area contributed by atoms with Gasteiger partial charge < -0.3 is 14.2 Å². The van der Waals surface area contributed by atoms with Gasteiger partial charge in [-0.25, -0.2) is 0 Å². The van der Waals surface area contributed by atoms with E-state index in [1.54, 1.807) is 0 Å². The number of hydrogen-bond donors (Lipinski definition) is 0. The summed E-state index contributed by atoms with van der Waals surface area (Å²) in [6.07, 6.45) is 81.1. The summed E-state index contributed by atoms with van der Waals surface area (Å²) in [7, 11) is 0. The van der Waals surface area contributed by atoms with Gasteiger partial charge >= 0.3 is 17.9 Å². The smallest absolute Gasteiger partial charge is 0.306 e. The molecule has 0 radical (unpaired) electrons. The number of ether oxygens (including phenoxy) is 3. The minimum Gasteiger partial charge on any atom is -0.462 e. The molecule has 1 unspecified atom stereocenters. The summed E-state index contributed by atoms with van der Waals surface area (Å²) in [4.78, 5) is 38.1. The number of carbonyl (C=O) groups excluding carboxylic acids is 3. The van der Waals surface area contributed by atoms with Crippen molar-refractivity contribution in [1.29, 1.82) is 0 Å². The highest BCUT2D eigenvalue weighted by Gasteiger charge is 2.19. The lowest BCUT2D eigenvalue weighted by atomic mass is 10.0. The third-order valence-corrected chi connectivity index (χ3v) is 14.5. The van der Waals surface area contributed by atoms with Crippen LogP contribution >= 0.6 is 0 Å². The molecule has 0 aliphatic carbocycles. The van der Waals surface area contributed by atoms with Crippen molar-refractivity contribution in [2.75, 3.05) is 13.2 Å². The van der Waals surface area contributed by atoms with E-state index in [0.29, 0.717) is 19.3 Å². The van der Waals surface area contributed by atoms with Crippen LogP contribution in [-0.4, -0.2) is 37.2 Å². The monoisotopic (exact) mass is 1050 g/mol. The van der Waals surface area contributed by atoms with Crippen molar-refractivity contribution in [3.8, 4) is 0 Å². The second-order valence-electron chi connectivity index (χ2n) is 22.0. The summed E-state index contributed by atoms with van der Waals surface area (Å²) in [6, 6.07) is 0. The zero-order valence-corrected chi connectivity index (χ0v) is 50.1. The first-order valence-electron chi connectivity index (χ1n) is 32.8. The van der Waals surface area contributed by atoms with E-state index in [1.165, 1.54) is 218 Å². The molecule has 0 fully saturated rings. The number of rotatable bonds is 60. The topological polar surface area (TPSA) is 78.9 Å². The van der Waals surface area contributed by atoms with Gasteiger partial charge in [-0.15, -0.1) is 0 Å². The second kappa shape index (κ2) is 63.6. The van der Waals surface area contributed by atoms with Crippen molar-refractivity contribution in [1.82, 2.24) is 0 Å². The molecule has 0 saturated heterocycles. The Kier molecular flexibility index (Phi) is 61.2. The summed E-state index contributed by atoms with van der Waals surface area (Å²) in [6.45, 7) is 6.61. The number of unbranched alkanes of at least 4 members (excludes halogenated alkanes) is 39. The van der Waals surface area contributed by atoms with Gasteiger partial charge in [-0.2, -0.15) is 0 Å². The Labute approximate surface area is 466 Å². The molecular weight excluding hydrogens is 925 g/mol. The van der Waals surface area contributed by atoms with E-state index < -0.39 is 6.10 Å². The van der Waals surface area contributed by atoms with Gasteiger partial charge in [0.05, 0.1) is 0 Å². The Balaban J connectivity index is 4.11. The fraction of sp³-hybridized carbons (Fsp3) is 0.812. The van der Waals surface area contributed by atoms with E-state index in [4.69, 9.17) is 14.2 Å². The van der Waals surface area contributed by atoms with Crippen molar-refractivity contribution in [3.05, 3.63) is 60.8 Å². The highest BCUT2D eigenvalue weighted by Crippen LogP contribution is 2.17. The molecule has 6 nitrogen and oxygen atoms in total. The maximum absolute atomic E-state index is 12.9. The van der Waals surface area contributed by atoms with Crippen LogP contribution in [0.15, 0.2) is 60.8 Å². The first-order valence-corrected chi connectivity index (χ1v) is 32.8. The molecule has 0 aliphatic rings. The fourth-order valence-corrected chi connectivity index (χ4v) is 9.54. The predicted molar refractivity (Wildman–Crippen MR) is 325 cm³/mol. The molecule has 0 heterocycles. The third-order valence-electron chi connectivity index (χ3n) is 14.5. The van der Waals surface area contributed by atoms with Gasteiger partial charge in [-0.05, 0) is 89.9 Å². The van der Waals surface area contributed by atoms with Gasteiger partial charge in [-0.3, -0.25) is 14.4 Å². The lowest BCUT2D eigenvalue weighted by molar-refractivity contribution is -0.167. The summed E-state index contributed by atoms with van der Waals surface area (Å²) in [5.41, 5.74) is 0. The maximum Gasteiger partial charge on any atom is 0.306 e. The molecule has 6 heteroatoms. The maximum atomic E-state index is 12.9. The Morgan fingerprint density at radius 2 is 0.480 bits per heavy atom. The Morgan fingerprint density at radius 1 is 0.267 bits per heavy atom. The van der Waals surface area contributed by atoms with Crippen LogP contribution < -0.4 is 0 Å². The Hall–Kier alpha value is -2.89. The van der Waals surface area contributed by atoms with E-state index in [0.717, 1.165) is 83.5 Å². The van der Waals surface area contributed by atoms with E-state index in [1.807, 2.05) is 0 Å². The molecule has 0 spiro atoms. The molecule has 0 aromatic heterocycles. The van der Waals surface area contributed by atoms with Crippen molar-refractivity contribution in [2.45, 2.75) is 348 Å². The van der Waals surface area contributed by atoms with Crippen molar-refractivity contribution in [2.24, 2.45) is 0 Å². The molecule has 75 heavy (non-hydrogen) atoms. The quantitative estimate of drug-likeness (QED) is 0.0261. The van der Waals surface area contributed by atoms with Crippen molar-refractivity contribution >= 4 is 17.9 Å². The number of hydrogen-bond acceptors (Lipinski definition) is 6. The standard InChI is InChI=1S/C69H124O6/c1-4-7-10-13-16-18-20-22-24-26-28-30-32-33-34-35-37-38-40-42-44-46-48-50-53-56-59-62-68(71)74-65-66(64-73-67(70)61-58-55-52-15-12-9-6-3)75-69(72)63-60-57-54-51-49-47-45-43-41-39-36-31-29-27-25-23-21-19-17-14-11-8-5-2/h20-23,26-29,36,39,66H,4-19,24-25,30-35,37-38,40-65H2,1-3H3/b22-20-,23-21-,28-26-,29-27-,39-36-. The van der Waals surface area contributed by atoms with Crippen LogP contribution in [-0.2, 0) is 28.6 Å². The minimum atomic E-state index is -0.775. The zero-order chi connectivity index (χ0) is 54.3. The van der Waals surface area contributed by atoms with Crippen LogP contribution in [0.1, 0.15) is 342 Å². The summed E-state index contributed by atoms with van der Waals surface area (Å²) in [5.74, 6) is -0.873. The van der Waals surface area contributed by atoms with Crippen LogP contribution in [0, 0.1) is 0 Å². The molecular formula is C69H124O6. The lowest BCUT2D eigenvalue weighted by Gasteiger charge is -2.18. The molecule has 0 bridgehead atoms. The van der Waals surface area contributed by atoms with Crippen LogP contribution in [0.3, 0.4) is 0 Å². The molecule has 0 saturated carbocycles. The molecule has 0 amide bonds. The molecule has 0 aromatic carbocycles. The largest absolute Gasteiger partial charge is 0.462 e. The lowest BCUT2D eigenvalue weighted by Crippen LogP contribution is -2.30. The van der Waals surface area contributed by atoms with Gasteiger partial charge in [-0.1, -0.05) is 293 Å². The first kappa shape index (κ1) is 72.1. The molecule has 0 N–H and O–H groups in total. The van der Waals surface area contributed by atoms with Gasteiger partial charge in [0.25, 0.3) is 0 Å². The molecule has 1 atom stereocenters. The van der Waals surface area contributed by atoms with Crippen molar-refractivity contribution < 1.29 is 28.6 Å². The molecule has 436 valence electrons. The van der Waals surface area contributed by atoms with E-state index >= 15 is 0 Å². The summed E-state index contributed by atoms with van der Waals surface area (Å²) in [5, 5.41) is 0. The number of esters is 3. The fourth-order valence-electron chi connectivity index (χ4n) is 9.54. The predicted octanol–water partition coefficient (Wildman–Crippen LogP) is 22.3. The van der Waals surface area contributed by atoms with E-state index in [9.17, 15) is 14.4 Å². The van der Waals surface area contributed by atoms with Crippen LogP contribution in [0.2, 0.25) is 0 Å². The normalized spacial score (nSPS) is 12.4. The zero-order valence-electron chi connectivity index (χ0n) is 50.1. The first-order chi connectivity index (χ1) is 37.0. The average molecular weight is 1050 g/mol. The summed E-state index contributed by atoms with van der Waals surface area (Å²) < 4.78 is 16.9. The van der Waals surface area contributed by atoms with Crippen LogP contribution in [0.5, 0.6) is 0 Å². The number of allylic oxidation sites excluding steroid dienone is 10. The van der Waals surface area contributed by atoms with E-state index in [-0.39, 0.29) is 31.1 Å². The van der Waals surface area contributed by atoms with Crippen LogP contribution in [0.4, 0.5) is 0 Å². The van der Waals surface area contributed by atoms with E-state index in [2.05, 4.69) is 81.5 Å². The molecule has 0 rings (SSSR count). The minimum absolute atomic E-state index is 0.0744. The van der Waals surface area contributed by atoms with Gasteiger partial charge in [0, 0.05) is 19.3 Å². The van der Waals surface area contributed by atoms with Gasteiger partial charge in [0.2, 0.25) is 0 Å². The highest BCUT2D eigenvalue weighted by molar-refractivity contribution is 5.71. The summed E-state index contributed by atoms with van der Waals surface area (Å²) >= 11 is 0. The van der Waals surface area contributed by atoms with Crippen LogP contribution in [0.25, 0.3) is 0 Å². The Bertz CT molecular complexity index is 1340. The number of carbonyl (C=O) groups is 3. The SMILES string of the molecule is CCCCCCC/C=C\C/C=C\C/C=C\CCCCCCCCCCC(=O)OC(COC(=O)CCCCCCCCC)COC(=O)CCCCCCCCCCCCCCCCC/C=C\C/C=C\CCCCCCC.